The summed E-state index contributed by atoms with van der Waals surface area (Å²) in [5.41, 5.74) is 0.955. The normalized spacial score (nSPS) is 13.6. The van der Waals surface area contributed by atoms with Gasteiger partial charge in [-0.05, 0) is 60.4 Å². The molecule has 0 spiro atoms. The molecule has 5 rings (SSSR count). The van der Waals surface area contributed by atoms with Crippen molar-refractivity contribution >= 4 is 34.6 Å². The Balaban J connectivity index is 1.26. The van der Waals surface area contributed by atoms with E-state index in [1.807, 2.05) is 0 Å². The van der Waals surface area contributed by atoms with Crippen molar-refractivity contribution in [2.24, 2.45) is 9.98 Å². The Morgan fingerprint density at radius 1 is 1.02 bits per heavy atom. The summed E-state index contributed by atoms with van der Waals surface area (Å²) in [6.45, 7) is 0.678. The molecule has 236 valence electrons. The third kappa shape index (κ3) is 7.46. The Bertz CT molecular complexity index is 1950. The maximum absolute atomic E-state index is 13.9. The largest absolute Gasteiger partial charge is 0.451 e. The SMILES string of the molecule is Cc1ccc(C(=O)Nc2ccc(CNCCC3=NC(C(F)(F)F)=NCC3=O)c(C(F)(F)F)c2)cc1C#Cc1cnc2cccnn12. The Hall–Kier alpha value is -5.36. The summed E-state index contributed by atoms with van der Waals surface area (Å²) in [5.74, 6) is 3.20. The number of amides is 1. The number of hydrogen-bond donors (Lipinski definition) is 2. The third-order valence-electron chi connectivity index (χ3n) is 6.82. The van der Waals surface area contributed by atoms with Gasteiger partial charge in [-0.25, -0.2) is 14.5 Å². The van der Waals surface area contributed by atoms with Gasteiger partial charge >= 0.3 is 12.4 Å². The Morgan fingerprint density at radius 3 is 2.59 bits per heavy atom. The van der Waals surface area contributed by atoms with E-state index in [2.05, 4.69) is 42.5 Å². The van der Waals surface area contributed by atoms with Crippen LogP contribution in [0.15, 0.2) is 70.9 Å². The molecule has 2 aromatic heterocycles. The van der Waals surface area contributed by atoms with Gasteiger partial charge < -0.3 is 10.6 Å². The first kappa shape index (κ1) is 32.0. The van der Waals surface area contributed by atoms with Crippen molar-refractivity contribution in [3.8, 4) is 11.8 Å². The summed E-state index contributed by atoms with van der Waals surface area (Å²) in [6, 6.07) is 11.5. The van der Waals surface area contributed by atoms with Gasteiger partial charge in [0.1, 0.15) is 12.2 Å². The summed E-state index contributed by atoms with van der Waals surface area (Å²) in [5, 5.41) is 9.38. The van der Waals surface area contributed by atoms with Gasteiger partial charge in [0.05, 0.1) is 17.5 Å². The minimum absolute atomic E-state index is 0.104. The molecule has 9 nitrogen and oxygen atoms in total. The number of nitrogens with zero attached hydrogens (tertiary/aromatic N) is 5. The highest BCUT2D eigenvalue weighted by Gasteiger charge is 2.38. The van der Waals surface area contributed by atoms with Crippen molar-refractivity contribution in [2.75, 3.05) is 18.4 Å². The van der Waals surface area contributed by atoms with E-state index in [9.17, 15) is 35.9 Å². The number of aryl methyl sites for hydroxylation is 1. The number of fused-ring (bicyclic) bond motifs is 1. The van der Waals surface area contributed by atoms with Crippen LogP contribution in [-0.4, -0.2) is 57.1 Å². The Morgan fingerprint density at radius 2 is 1.83 bits per heavy atom. The molecule has 0 unspecified atom stereocenters. The molecule has 0 saturated heterocycles. The van der Waals surface area contributed by atoms with Crippen LogP contribution < -0.4 is 10.6 Å². The molecule has 1 aliphatic rings. The zero-order valence-corrected chi connectivity index (χ0v) is 23.9. The van der Waals surface area contributed by atoms with Crippen LogP contribution in [0.3, 0.4) is 0 Å². The molecule has 0 atom stereocenters. The number of amidine groups is 1. The number of hydrogen-bond acceptors (Lipinski definition) is 7. The van der Waals surface area contributed by atoms with Crippen molar-refractivity contribution in [1.82, 2.24) is 19.9 Å². The minimum Gasteiger partial charge on any atom is -0.322 e. The molecular weight excluding hydrogens is 616 g/mol. The van der Waals surface area contributed by atoms with Gasteiger partial charge in [0.15, 0.2) is 11.4 Å². The van der Waals surface area contributed by atoms with Crippen LogP contribution in [0.25, 0.3) is 5.65 Å². The van der Waals surface area contributed by atoms with Gasteiger partial charge in [0.25, 0.3) is 5.91 Å². The fourth-order valence-corrected chi connectivity index (χ4v) is 4.46. The van der Waals surface area contributed by atoms with E-state index < -0.39 is 42.0 Å². The number of imidazole rings is 1. The number of Topliss-reactive ketones (excluding diaryl/α,β-unsaturated/α-hetero) is 1. The number of alkyl halides is 6. The zero-order valence-electron chi connectivity index (χ0n) is 23.9. The topological polar surface area (TPSA) is 113 Å². The molecule has 0 aliphatic carbocycles. The number of benzene rings is 2. The standard InChI is InChI=1S/C31H23F6N7O2/c1-18-4-5-20(13-19(18)7-9-23-16-39-27-3-2-11-41-44(23)27)28(46)42-22-8-6-21(24(14-22)30(32,33)34)15-38-12-10-25-26(45)17-40-29(43-25)31(35,36)37/h2-6,8,11,13-14,16,38H,10,12,15,17H2,1H3,(H,42,46). The van der Waals surface area contributed by atoms with Crippen molar-refractivity contribution in [3.05, 3.63) is 94.4 Å². The van der Waals surface area contributed by atoms with Crippen LogP contribution in [0.2, 0.25) is 0 Å². The average molecular weight is 640 g/mol. The predicted octanol–water partition coefficient (Wildman–Crippen LogP) is 5.17. The van der Waals surface area contributed by atoms with Crippen LogP contribution >= 0.6 is 0 Å². The summed E-state index contributed by atoms with van der Waals surface area (Å²) < 4.78 is 82.0. The fraction of sp³-hybridized carbons (Fsp3) is 0.226. The van der Waals surface area contributed by atoms with Crippen molar-refractivity contribution in [2.45, 2.75) is 32.2 Å². The number of anilines is 1. The molecule has 2 aromatic carbocycles. The average Bonchev–Trinajstić information content (AvgIpc) is 3.42. The lowest BCUT2D eigenvalue weighted by Gasteiger charge is -2.16. The van der Waals surface area contributed by atoms with Crippen LogP contribution in [0.4, 0.5) is 32.0 Å². The van der Waals surface area contributed by atoms with E-state index in [-0.39, 0.29) is 42.0 Å². The summed E-state index contributed by atoms with van der Waals surface area (Å²) in [7, 11) is 0. The number of carbonyl (C=O) groups excluding carboxylic acids is 2. The van der Waals surface area contributed by atoms with Gasteiger partial charge in [-0.15, -0.1) is 0 Å². The van der Waals surface area contributed by atoms with Crippen LogP contribution in [0.5, 0.6) is 0 Å². The molecule has 0 bridgehead atoms. The maximum Gasteiger partial charge on any atom is 0.451 e. The van der Waals surface area contributed by atoms with Crippen molar-refractivity contribution < 1.29 is 35.9 Å². The van der Waals surface area contributed by atoms with Gasteiger partial charge in [0.2, 0.25) is 5.84 Å². The second-order valence-corrected chi connectivity index (χ2v) is 10.1. The summed E-state index contributed by atoms with van der Waals surface area (Å²) >= 11 is 0. The van der Waals surface area contributed by atoms with Crippen molar-refractivity contribution in [1.29, 1.82) is 0 Å². The van der Waals surface area contributed by atoms with E-state index in [4.69, 9.17) is 0 Å². The highest BCUT2D eigenvalue weighted by Crippen LogP contribution is 2.34. The molecule has 3 heterocycles. The first-order valence-electron chi connectivity index (χ1n) is 13.7. The first-order chi connectivity index (χ1) is 21.8. The van der Waals surface area contributed by atoms with E-state index in [0.717, 1.165) is 11.6 Å². The quantitative estimate of drug-likeness (QED) is 0.165. The second kappa shape index (κ2) is 12.9. The molecule has 0 saturated carbocycles. The second-order valence-electron chi connectivity index (χ2n) is 10.1. The number of rotatable bonds is 7. The smallest absolute Gasteiger partial charge is 0.322 e. The molecule has 4 aromatic rings. The van der Waals surface area contributed by atoms with Gasteiger partial charge in [-0.2, -0.15) is 31.4 Å². The molecule has 46 heavy (non-hydrogen) atoms. The lowest BCUT2D eigenvalue weighted by atomic mass is 10.0. The van der Waals surface area contributed by atoms with Gasteiger partial charge in [0, 0.05) is 42.5 Å². The Kier molecular flexibility index (Phi) is 9.01. The maximum atomic E-state index is 13.9. The zero-order chi connectivity index (χ0) is 33.1. The number of aliphatic imine (C=N–C) groups is 2. The minimum atomic E-state index is -4.82. The number of halogens is 6. The van der Waals surface area contributed by atoms with E-state index >= 15 is 0 Å². The van der Waals surface area contributed by atoms with Crippen LogP contribution in [0.1, 0.15) is 44.7 Å². The van der Waals surface area contributed by atoms with E-state index in [1.54, 1.807) is 42.0 Å². The number of ketones is 1. The van der Waals surface area contributed by atoms with Gasteiger partial charge in [-0.3, -0.25) is 14.6 Å². The first-order valence-corrected chi connectivity index (χ1v) is 13.7. The van der Waals surface area contributed by atoms with E-state index in [1.165, 1.54) is 24.3 Å². The van der Waals surface area contributed by atoms with Gasteiger partial charge in [-0.1, -0.05) is 18.1 Å². The Labute approximate surface area is 257 Å². The number of aromatic nitrogens is 3. The van der Waals surface area contributed by atoms with Crippen molar-refractivity contribution in [3.63, 3.8) is 0 Å². The molecule has 15 heteroatoms. The number of nitrogens with one attached hydrogen (secondary N) is 2. The molecular formula is C31H23F6N7O2. The van der Waals surface area contributed by atoms with Crippen LogP contribution in [-0.2, 0) is 17.5 Å². The third-order valence-corrected chi connectivity index (χ3v) is 6.82. The highest BCUT2D eigenvalue weighted by molar-refractivity contribution is 6.43. The molecule has 0 fully saturated rings. The molecule has 2 N–H and O–H groups in total. The molecule has 0 radical (unpaired) electrons. The van der Waals surface area contributed by atoms with E-state index in [0.29, 0.717) is 16.9 Å². The fourth-order valence-electron chi connectivity index (χ4n) is 4.46. The summed E-state index contributed by atoms with van der Waals surface area (Å²) in [6.07, 6.45) is -6.67. The predicted molar refractivity (Wildman–Crippen MR) is 157 cm³/mol. The monoisotopic (exact) mass is 639 g/mol. The summed E-state index contributed by atoms with van der Waals surface area (Å²) in [4.78, 5) is 35.5. The lowest BCUT2D eigenvalue weighted by Crippen LogP contribution is -2.33. The lowest BCUT2D eigenvalue weighted by molar-refractivity contribution is -0.138. The molecule has 1 amide bonds. The number of carbonyl (C=O) groups is 2. The molecule has 1 aliphatic heterocycles. The highest BCUT2D eigenvalue weighted by atomic mass is 19.4. The van der Waals surface area contributed by atoms with Crippen LogP contribution in [0, 0.1) is 18.8 Å².